The van der Waals surface area contributed by atoms with Gasteiger partial charge in [0.2, 0.25) is 0 Å². The molecule has 0 bridgehead atoms. The summed E-state index contributed by atoms with van der Waals surface area (Å²) in [5, 5.41) is 0. The van der Waals surface area contributed by atoms with Gasteiger partial charge in [0.15, 0.2) is 0 Å². The van der Waals surface area contributed by atoms with Crippen molar-refractivity contribution < 1.29 is 0 Å². The summed E-state index contributed by atoms with van der Waals surface area (Å²) >= 11 is 0. The maximum atomic E-state index is 3.87. The van der Waals surface area contributed by atoms with E-state index < -0.39 is 0 Å². The van der Waals surface area contributed by atoms with Gasteiger partial charge in [0.05, 0.1) is 0 Å². The summed E-state index contributed by atoms with van der Waals surface area (Å²) in [6, 6.07) is 17.2. The van der Waals surface area contributed by atoms with Crippen LogP contribution < -0.4 is 0 Å². The second kappa shape index (κ2) is 6.90. The highest BCUT2D eigenvalue weighted by Crippen LogP contribution is 2.32. The zero-order chi connectivity index (χ0) is 15.2. The molecule has 0 saturated heterocycles. The van der Waals surface area contributed by atoms with Gasteiger partial charge in [0.25, 0.3) is 0 Å². The second-order valence-electron chi connectivity index (χ2n) is 5.26. The molecule has 0 heteroatoms. The average Bonchev–Trinajstić information content (AvgIpc) is 2.47. The van der Waals surface area contributed by atoms with E-state index in [4.69, 9.17) is 0 Å². The molecule has 0 saturated carbocycles. The van der Waals surface area contributed by atoms with Crippen molar-refractivity contribution in [3.05, 3.63) is 95.6 Å². The van der Waals surface area contributed by atoms with Gasteiger partial charge in [0, 0.05) is 0 Å². The number of hydrogen-bond acceptors (Lipinski definition) is 0. The van der Waals surface area contributed by atoms with Gasteiger partial charge in [-0.05, 0) is 43.0 Å². The zero-order valence-corrected chi connectivity index (χ0v) is 13.1. The molecule has 106 valence electrons. The molecule has 0 aliphatic carbocycles. The highest BCUT2D eigenvalue weighted by Gasteiger charge is 2.09. The summed E-state index contributed by atoms with van der Waals surface area (Å²) in [6.07, 6.45) is 6.12. The van der Waals surface area contributed by atoms with E-state index in [0.717, 1.165) is 0 Å². The Morgan fingerprint density at radius 2 is 1.38 bits per heavy atom. The Morgan fingerprint density at radius 1 is 0.857 bits per heavy atom. The van der Waals surface area contributed by atoms with E-state index >= 15 is 0 Å². The molecule has 0 amide bonds. The smallest absolute Gasteiger partial charge is 0.0109 e. The van der Waals surface area contributed by atoms with Crippen molar-refractivity contribution in [1.29, 1.82) is 0 Å². The first-order chi connectivity index (χ1) is 10.2. The van der Waals surface area contributed by atoms with Gasteiger partial charge in [-0.25, -0.2) is 0 Å². The third kappa shape index (κ3) is 3.61. The lowest BCUT2D eigenvalue weighted by Crippen LogP contribution is -1.92. The highest BCUT2D eigenvalue weighted by atomic mass is 14.1. The lowest BCUT2D eigenvalue weighted by molar-refractivity contribution is 1.43. The largest absolute Gasteiger partial charge is 0.0990 e. The lowest BCUT2D eigenvalue weighted by Gasteiger charge is -2.14. The van der Waals surface area contributed by atoms with E-state index in [2.05, 4.69) is 88.0 Å². The van der Waals surface area contributed by atoms with E-state index in [1.165, 1.54) is 33.4 Å². The molecule has 0 aromatic heterocycles. The summed E-state index contributed by atoms with van der Waals surface area (Å²) in [4.78, 5) is 0. The maximum absolute atomic E-state index is 3.87. The summed E-state index contributed by atoms with van der Waals surface area (Å²) in [6.45, 7) is 10.2. The van der Waals surface area contributed by atoms with Gasteiger partial charge < -0.3 is 0 Å². The number of allylic oxidation sites excluding steroid dienone is 5. The van der Waals surface area contributed by atoms with Crippen LogP contribution in [-0.4, -0.2) is 0 Å². The number of benzene rings is 2. The molecule has 21 heavy (non-hydrogen) atoms. The Bertz CT molecular complexity index is 699. The summed E-state index contributed by atoms with van der Waals surface area (Å²) in [7, 11) is 0. The molecule has 0 aliphatic heterocycles. The van der Waals surface area contributed by atoms with E-state index in [9.17, 15) is 0 Å². The van der Waals surface area contributed by atoms with Crippen LogP contribution in [0.3, 0.4) is 0 Å². The number of hydrogen-bond donors (Lipinski definition) is 0. The van der Waals surface area contributed by atoms with Crippen LogP contribution in [0.25, 0.3) is 11.1 Å². The van der Waals surface area contributed by atoms with E-state index in [1.54, 1.807) is 0 Å². The van der Waals surface area contributed by atoms with Crippen molar-refractivity contribution in [1.82, 2.24) is 0 Å². The van der Waals surface area contributed by atoms with E-state index in [0.29, 0.717) is 0 Å². The molecule has 0 N–H and O–H groups in total. The van der Waals surface area contributed by atoms with Crippen LogP contribution in [-0.2, 0) is 0 Å². The van der Waals surface area contributed by atoms with Crippen molar-refractivity contribution in [2.45, 2.75) is 20.8 Å². The van der Waals surface area contributed by atoms with Gasteiger partial charge in [0.1, 0.15) is 0 Å². The molecule has 2 rings (SSSR count). The third-order valence-corrected chi connectivity index (χ3v) is 3.52. The van der Waals surface area contributed by atoms with Gasteiger partial charge in [-0.2, -0.15) is 0 Å². The minimum atomic E-state index is 1.21. The normalized spacial score (nSPS) is 12.3. The van der Waals surface area contributed by atoms with Crippen LogP contribution in [0.15, 0.2) is 73.3 Å². The van der Waals surface area contributed by atoms with Gasteiger partial charge >= 0.3 is 0 Å². The van der Waals surface area contributed by atoms with E-state index in [-0.39, 0.29) is 0 Å². The van der Waals surface area contributed by atoms with Gasteiger partial charge in [-0.15, -0.1) is 0 Å². The van der Waals surface area contributed by atoms with Crippen LogP contribution in [0.4, 0.5) is 0 Å². The molecule has 2 aromatic carbocycles. The Labute approximate surface area is 128 Å². The first-order valence-electron chi connectivity index (χ1n) is 7.29. The lowest BCUT2D eigenvalue weighted by atomic mass is 9.90. The average molecular weight is 274 g/mol. The van der Waals surface area contributed by atoms with Crippen LogP contribution >= 0.6 is 0 Å². The minimum absolute atomic E-state index is 1.21. The van der Waals surface area contributed by atoms with Crippen molar-refractivity contribution in [2.24, 2.45) is 0 Å². The third-order valence-electron chi connectivity index (χ3n) is 3.52. The second-order valence-corrected chi connectivity index (χ2v) is 5.26. The summed E-state index contributed by atoms with van der Waals surface area (Å²) in [5.41, 5.74) is 7.46. The van der Waals surface area contributed by atoms with Crippen LogP contribution in [0, 0.1) is 13.8 Å². The Morgan fingerprint density at radius 3 is 1.81 bits per heavy atom. The minimum Gasteiger partial charge on any atom is -0.0990 e. The van der Waals surface area contributed by atoms with Crippen molar-refractivity contribution in [2.75, 3.05) is 0 Å². The van der Waals surface area contributed by atoms with Gasteiger partial charge in [-0.1, -0.05) is 84.5 Å². The quantitative estimate of drug-likeness (QED) is 0.602. The first-order valence-corrected chi connectivity index (χ1v) is 7.29. The Hall–Kier alpha value is -2.34. The molecule has 0 unspecified atom stereocenters. The molecular formula is C21H22. The molecule has 0 atom stereocenters. The van der Waals surface area contributed by atoms with Gasteiger partial charge in [-0.3, -0.25) is 0 Å². The zero-order valence-electron chi connectivity index (χ0n) is 13.1. The molecule has 0 fully saturated rings. The molecular weight excluding hydrogens is 252 g/mol. The predicted octanol–water partition coefficient (Wildman–Crippen LogP) is 5.98. The molecule has 0 spiro atoms. The monoisotopic (exact) mass is 274 g/mol. The summed E-state index contributed by atoms with van der Waals surface area (Å²) in [5.74, 6) is 0. The number of aryl methyl sites for hydroxylation is 2. The fourth-order valence-corrected chi connectivity index (χ4v) is 2.56. The van der Waals surface area contributed by atoms with Crippen molar-refractivity contribution in [3.8, 4) is 0 Å². The van der Waals surface area contributed by atoms with Crippen molar-refractivity contribution >= 4 is 11.1 Å². The predicted molar refractivity (Wildman–Crippen MR) is 94.2 cm³/mol. The van der Waals surface area contributed by atoms with Crippen LogP contribution in [0.5, 0.6) is 0 Å². The summed E-state index contributed by atoms with van der Waals surface area (Å²) < 4.78 is 0. The standard InChI is InChI=1S/C21H22/c1-5-9-21(19-13-8-11-17(4)15-19)20(6-2)18-12-7-10-16(3)14-18/h5-15H,1H2,2-4H3/b20-6-,21-9-. The van der Waals surface area contributed by atoms with Crippen LogP contribution in [0.1, 0.15) is 29.2 Å². The molecule has 2 aromatic rings. The molecule has 0 heterocycles. The van der Waals surface area contributed by atoms with Crippen molar-refractivity contribution in [3.63, 3.8) is 0 Å². The van der Waals surface area contributed by atoms with Crippen LogP contribution in [0.2, 0.25) is 0 Å². The fourth-order valence-electron chi connectivity index (χ4n) is 2.56. The molecule has 0 aliphatic rings. The maximum Gasteiger partial charge on any atom is -0.0109 e. The highest BCUT2D eigenvalue weighted by molar-refractivity contribution is 6.05. The number of rotatable bonds is 4. The molecule has 0 radical (unpaired) electrons. The fraction of sp³-hybridized carbons (Fsp3) is 0.143. The topological polar surface area (TPSA) is 0 Å². The Balaban J connectivity index is 2.56. The molecule has 0 nitrogen and oxygen atoms in total. The van der Waals surface area contributed by atoms with E-state index in [1.807, 2.05) is 6.08 Å². The first kappa shape index (κ1) is 15.1. The SMILES string of the molecule is C=C/C=C(\C(=C/C)c1cccc(C)c1)c1cccc(C)c1. The Kier molecular flexibility index (Phi) is 4.94.